The summed E-state index contributed by atoms with van der Waals surface area (Å²) in [5.41, 5.74) is 5.20. The Morgan fingerprint density at radius 3 is 2.14 bits per heavy atom. The van der Waals surface area contributed by atoms with Crippen molar-refractivity contribution in [3.05, 3.63) is 58.8 Å². The molecule has 1 atom stereocenters. The van der Waals surface area contributed by atoms with Crippen LogP contribution in [0.1, 0.15) is 43.0 Å². The quantitative estimate of drug-likeness (QED) is 0.874. The van der Waals surface area contributed by atoms with Gasteiger partial charge < -0.3 is 5.32 Å². The van der Waals surface area contributed by atoms with Gasteiger partial charge in [-0.15, -0.1) is 0 Å². The summed E-state index contributed by atoms with van der Waals surface area (Å²) in [5.74, 6) is 0. The van der Waals surface area contributed by atoms with Crippen molar-refractivity contribution in [2.45, 2.75) is 47.2 Å². The number of benzene rings is 1. The molecule has 1 aromatic rings. The lowest BCUT2D eigenvalue weighted by atomic mass is 9.86. The molecule has 0 spiro atoms. The van der Waals surface area contributed by atoms with E-state index < -0.39 is 0 Å². The third kappa shape index (κ3) is 3.56. The van der Waals surface area contributed by atoms with Crippen molar-refractivity contribution < 1.29 is 0 Å². The molecular weight excluding hydrogens is 256 g/mol. The fourth-order valence-corrected chi connectivity index (χ4v) is 3.04. The minimum absolute atomic E-state index is 0.232. The summed E-state index contributed by atoms with van der Waals surface area (Å²) in [6.45, 7) is 14.3. The Hall–Kier alpha value is -1.54. The van der Waals surface area contributed by atoms with Crippen molar-refractivity contribution in [2.75, 3.05) is 6.54 Å². The van der Waals surface area contributed by atoms with E-state index in [9.17, 15) is 0 Å². The van der Waals surface area contributed by atoms with Crippen molar-refractivity contribution in [2.24, 2.45) is 5.41 Å². The third-order valence-electron chi connectivity index (χ3n) is 3.83. The predicted molar refractivity (Wildman–Crippen MR) is 91.2 cm³/mol. The van der Waals surface area contributed by atoms with E-state index in [-0.39, 0.29) is 11.1 Å². The molecule has 2 rings (SSSR count). The molecule has 1 aliphatic heterocycles. The number of nitrogens with one attached hydrogen (secondary N) is 2. The van der Waals surface area contributed by atoms with Gasteiger partial charge in [0.25, 0.3) is 0 Å². The Morgan fingerprint density at radius 2 is 1.67 bits per heavy atom. The average molecular weight is 284 g/mol. The summed E-state index contributed by atoms with van der Waals surface area (Å²) in [4.78, 5) is 0. The van der Waals surface area contributed by atoms with Crippen molar-refractivity contribution in [3.8, 4) is 0 Å². The van der Waals surface area contributed by atoms with Gasteiger partial charge >= 0.3 is 0 Å². The first kappa shape index (κ1) is 15.8. The van der Waals surface area contributed by atoms with E-state index in [1.165, 1.54) is 22.3 Å². The molecule has 0 aliphatic carbocycles. The molecule has 0 radical (unpaired) electrons. The highest BCUT2D eigenvalue weighted by Crippen LogP contribution is 2.30. The van der Waals surface area contributed by atoms with Crippen LogP contribution in [0.2, 0.25) is 0 Å². The van der Waals surface area contributed by atoms with E-state index in [0.29, 0.717) is 0 Å². The van der Waals surface area contributed by atoms with Gasteiger partial charge in [-0.05, 0) is 55.7 Å². The average Bonchev–Trinajstić information content (AvgIpc) is 2.35. The van der Waals surface area contributed by atoms with Gasteiger partial charge in [0.15, 0.2) is 0 Å². The van der Waals surface area contributed by atoms with Crippen molar-refractivity contribution in [1.82, 2.24) is 10.6 Å². The fourth-order valence-electron chi connectivity index (χ4n) is 3.04. The van der Waals surface area contributed by atoms with Crippen molar-refractivity contribution >= 4 is 0 Å². The van der Waals surface area contributed by atoms with Crippen LogP contribution in [0.25, 0.3) is 0 Å². The smallest absolute Gasteiger partial charge is 0.134 e. The molecule has 0 bridgehead atoms. The topological polar surface area (TPSA) is 24.1 Å². The molecule has 0 saturated heterocycles. The summed E-state index contributed by atoms with van der Waals surface area (Å²) < 4.78 is 0. The molecular formula is C19H28N2. The number of rotatable bonds is 3. The van der Waals surface area contributed by atoms with Crippen molar-refractivity contribution in [3.63, 3.8) is 0 Å². The molecule has 2 heteroatoms. The Balaban J connectivity index is 2.46. The summed E-state index contributed by atoms with van der Waals surface area (Å²) in [6, 6.07) is 4.52. The zero-order valence-corrected chi connectivity index (χ0v) is 14.2. The first-order chi connectivity index (χ1) is 9.73. The fraction of sp³-hybridized carbons (Fsp3) is 0.474. The Labute approximate surface area is 129 Å². The van der Waals surface area contributed by atoms with Crippen LogP contribution in [0.3, 0.4) is 0 Å². The maximum atomic E-state index is 3.74. The standard InChI is InChI=1S/C19H28N2/c1-14-11-15(2)17(16(3)12-14)19(9-7-8-10-20-19)21-13-18(4,5)6/h7-12,20-21H,13H2,1-6H3. The van der Waals surface area contributed by atoms with Gasteiger partial charge in [-0.2, -0.15) is 0 Å². The predicted octanol–water partition coefficient (Wildman–Crippen LogP) is 4.07. The van der Waals surface area contributed by atoms with Gasteiger partial charge in [0, 0.05) is 12.1 Å². The molecule has 0 amide bonds. The van der Waals surface area contributed by atoms with E-state index in [1.54, 1.807) is 0 Å². The van der Waals surface area contributed by atoms with Crippen LogP contribution in [0.15, 0.2) is 36.6 Å². The molecule has 21 heavy (non-hydrogen) atoms. The Morgan fingerprint density at radius 1 is 1.05 bits per heavy atom. The SMILES string of the molecule is Cc1cc(C)c(C2(NCC(C)(C)C)C=CC=CN2)c(C)c1. The van der Waals surface area contributed by atoms with Crippen LogP contribution in [0.4, 0.5) is 0 Å². The summed E-state index contributed by atoms with van der Waals surface area (Å²) >= 11 is 0. The van der Waals surface area contributed by atoms with Crippen LogP contribution >= 0.6 is 0 Å². The molecule has 1 aromatic carbocycles. The van der Waals surface area contributed by atoms with Crippen LogP contribution in [-0.2, 0) is 5.66 Å². The highest BCUT2D eigenvalue weighted by molar-refractivity contribution is 5.46. The third-order valence-corrected chi connectivity index (χ3v) is 3.83. The number of aryl methyl sites for hydroxylation is 3. The lowest BCUT2D eigenvalue weighted by Gasteiger charge is -2.39. The maximum Gasteiger partial charge on any atom is 0.134 e. The molecule has 2 N–H and O–H groups in total. The molecule has 1 aliphatic rings. The number of hydrogen-bond donors (Lipinski definition) is 2. The molecule has 1 unspecified atom stereocenters. The minimum Gasteiger partial charge on any atom is -0.366 e. The van der Waals surface area contributed by atoms with Crippen LogP contribution < -0.4 is 10.6 Å². The van der Waals surface area contributed by atoms with Gasteiger partial charge in [0.2, 0.25) is 0 Å². The largest absolute Gasteiger partial charge is 0.366 e. The summed E-state index contributed by atoms with van der Waals surface area (Å²) in [5, 5.41) is 7.29. The molecule has 0 saturated carbocycles. The monoisotopic (exact) mass is 284 g/mol. The minimum atomic E-state index is -0.316. The second-order valence-corrected chi connectivity index (χ2v) is 7.36. The second-order valence-electron chi connectivity index (χ2n) is 7.36. The van der Waals surface area contributed by atoms with Gasteiger partial charge in [-0.1, -0.05) is 44.5 Å². The summed E-state index contributed by atoms with van der Waals surface area (Å²) in [6.07, 6.45) is 8.40. The molecule has 0 aromatic heterocycles. The van der Waals surface area contributed by atoms with Gasteiger partial charge in [-0.3, -0.25) is 5.32 Å². The number of allylic oxidation sites excluding steroid dienone is 2. The van der Waals surface area contributed by atoms with Gasteiger partial charge in [-0.25, -0.2) is 0 Å². The number of hydrogen-bond acceptors (Lipinski definition) is 2. The lowest BCUT2D eigenvalue weighted by Crippen LogP contribution is -2.54. The molecule has 1 heterocycles. The zero-order chi connectivity index (χ0) is 15.7. The maximum absolute atomic E-state index is 3.74. The van der Waals surface area contributed by atoms with Crippen LogP contribution in [-0.4, -0.2) is 6.54 Å². The van der Waals surface area contributed by atoms with Crippen LogP contribution in [0.5, 0.6) is 0 Å². The zero-order valence-electron chi connectivity index (χ0n) is 14.2. The normalized spacial score (nSPS) is 21.4. The van der Waals surface area contributed by atoms with Crippen LogP contribution in [0, 0.1) is 26.2 Å². The molecule has 114 valence electrons. The van der Waals surface area contributed by atoms with E-state index in [0.717, 1.165) is 6.54 Å². The van der Waals surface area contributed by atoms with E-state index in [2.05, 4.69) is 76.5 Å². The highest BCUT2D eigenvalue weighted by Gasteiger charge is 2.33. The first-order valence-electron chi connectivity index (χ1n) is 7.69. The Kier molecular flexibility index (Phi) is 4.29. The highest BCUT2D eigenvalue weighted by atomic mass is 15.2. The number of dihydropyridines is 1. The van der Waals surface area contributed by atoms with Crippen molar-refractivity contribution in [1.29, 1.82) is 0 Å². The Bertz CT molecular complexity index is 553. The van der Waals surface area contributed by atoms with Gasteiger partial charge in [0.1, 0.15) is 5.66 Å². The van der Waals surface area contributed by atoms with E-state index in [4.69, 9.17) is 0 Å². The van der Waals surface area contributed by atoms with Gasteiger partial charge in [0.05, 0.1) is 0 Å². The first-order valence-corrected chi connectivity index (χ1v) is 7.69. The molecule has 0 fully saturated rings. The second kappa shape index (κ2) is 5.69. The summed E-state index contributed by atoms with van der Waals surface area (Å²) in [7, 11) is 0. The van der Waals surface area contributed by atoms with E-state index in [1.807, 2.05) is 12.3 Å². The molecule has 2 nitrogen and oxygen atoms in total. The lowest BCUT2D eigenvalue weighted by molar-refractivity contribution is 0.287. The van der Waals surface area contributed by atoms with E-state index >= 15 is 0 Å².